The molecule has 0 unspecified atom stereocenters. The Morgan fingerprint density at radius 3 is 1.94 bits per heavy atom. The number of hydrogen-bond acceptors (Lipinski definition) is 4. The molecule has 0 radical (unpaired) electrons. The number of benzene rings is 7. The average Bonchev–Trinajstić information content (AvgIpc) is 3.67. The molecule has 1 aliphatic rings. The highest BCUT2D eigenvalue weighted by Crippen LogP contribution is 2.44. The molecule has 1 aliphatic heterocycles. The van der Waals surface area contributed by atoms with Crippen molar-refractivity contribution in [2.75, 3.05) is 0 Å². The summed E-state index contributed by atoms with van der Waals surface area (Å²) in [5.41, 5.74) is 9.33. The van der Waals surface area contributed by atoms with Crippen LogP contribution in [0.5, 0.6) is 0 Å². The number of hydrogen-bond donors (Lipinski definition) is 0. The summed E-state index contributed by atoms with van der Waals surface area (Å²) in [4.78, 5) is 15.9. The first-order chi connectivity index (χ1) is 24.5. The zero-order valence-electron chi connectivity index (χ0n) is 27.7. The average molecular weight is 658 g/mol. The van der Waals surface area contributed by atoms with E-state index in [1.807, 2.05) is 12.1 Å². The first-order valence-corrected chi connectivity index (χ1v) is 20.0. The molecule has 0 saturated carbocycles. The van der Waals surface area contributed by atoms with E-state index in [1.165, 1.54) is 26.9 Å². The van der Waals surface area contributed by atoms with Crippen LogP contribution in [0, 0.1) is 0 Å². The molecule has 0 atom stereocenters. The van der Waals surface area contributed by atoms with Crippen LogP contribution in [0.3, 0.4) is 0 Å². The molecule has 0 aliphatic carbocycles. The van der Waals surface area contributed by atoms with Gasteiger partial charge in [-0.25, -0.2) is 15.0 Å². The van der Waals surface area contributed by atoms with Crippen LogP contribution >= 0.6 is 0 Å². The molecule has 7 aromatic carbocycles. The lowest BCUT2D eigenvalue weighted by Crippen LogP contribution is -2.49. The second kappa shape index (κ2) is 10.9. The molecule has 0 fully saturated rings. The summed E-state index contributed by atoms with van der Waals surface area (Å²) in [6, 6.07) is 53.3. The maximum atomic E-state index is 6.81. The molecule has 5 heteroatoms. The van der Waals surface area contributed by atoms with E-state index in [-0.39, 0.29) is 0 Å². The van der Waals surface area contributed by atoms with Crippen LogP contribution in [-0.2, 0) is 0 Å². The monoisotopic (exact) mass is 657 g/mol. The molecule has 2 aromatic heterocycles. The first-order valence-electron chi connectivity index (χ1n) is 17.0. The summed E-state index contributed by atoms with van der Waals surface area (Å²) in [7, 11) is -2.08. The summed E-state index contributed by atoms with van der Waals surface area (Å²) in [5.74, 6) is 1.92. The molecule has 0 amide bonds. The van der Waals surface area contributed by atoms with Gasteiger partial charge in [-0.15, -0.1) is 0 Å². The summed E-state index contributed by atoms with van der Waals surface area (Å²) < 4.78 is 6.81. The Kier molecular flexibility index (Phi) is 6.29. The summed E-state index contributed by atoms with van der Waals surface area (Å²) in [6.45, 7) is 4.87. The van der Waals surface area contributed by atoms with Gasteiger partial charge in [-0.1, -0.05) is 147 Å². The molecule has 0 saturated heterocycles. The Balaban J connectivity index is 1.30. The fraction of sp³-hybridized carbons (Fsp3) is 0.0444. The lowest BCUT2D eigenvalue weighted by atomic mass is 9.97. The number of aromatic nitrogens is 3. The predicted octanol–water partition coefficient (Wildman–Crippen LogP) is 10.4. The Hall–Kier alpha value is -6.17. The largest absolute Gasteiger partial charge is 0.455 e. The van der Waals surface area contributed by atoms with E-state index in [1.54, 1.807) is 0 Å². The van der Waals surface area contributed by atoms with Crippen LogP contribution in [0.15, 0.2) is 156 Å². The van der Waals surface area contributed by atoms with E-state index in [0.717, 1.165) is 55.1 Å². The maximum Gasteiger partial charge on any atom is 0.164 e. The fourth-order valence-electron chi connectivity index (χ4n) is 7.85. The van der Waals surface area contributed by atoms with Crippen molar-refractivity contribution >= 4 is 51.2 Å². The number of furan rings is 1. The molecule has 0 spiro atoms. The third-order valence-electron chi connectivity index (χ3n) is 10.3. The van der Waals surface area contributed by atoms with Crippen LogP contribution in [0.25, 0.3) is 89.1 Å². The van der Waals surface area contributed by atoms with Gasteiger partial charge >= 0.3 is 0 Å². The molecule has 0 bridgehead atoms. The third kappa shape index (κ3) is 4.33. The van der Waals surface area contributed by atoms with E-state index in [9.17, 15) is 0 Å². The van der Waals surface area contributed by atoms with Crippen molar-refractivity contribution in [3.05, 3.63) is 152 Å². The van der Waals surface area contributed by atoms with Crippen LogP contribution in [0.4, 0.5) is 0 Å². The summed E-state index contributed by atoms with van der Waals surface area (Å²) in [5, 5.41) is 7.20. The topological polar surface area (TPSA) is 51.8 Å². The molecular formula is C45H31N3OSi. The quantitative estimate of drug-likeness (QED) is 0.177. The molecule has 9 aromatic rings. The van der Waals surface area contributed by atoms with Crippen molar-refractivity contribution in [2.24, 2.45) is 0 Å². The van der Waals surface area contributed by atoms with Gasteiger partial charge in [0.1, 0.15) is 19.2 Å². The summed E-state index contributed by atoms with van der Waals surface area (Å²) >= 11 is 0. The molecular weight excluding hydrogens is 627 g/mol. The van der Waals surface area contributed by atoms with Crippen LogP contribution < -0.4 is 10.4 Å². The molecule has 50 heavy (non-hydrogen) atoms. The molecule has 0 N–H and O–H groups in total. The minimum absolute atomic E-state index is 0.638. The van der Waals surface area contributed by atoms with Crippen molar-refractivity contribution < 1.29 is 4.42 Å². The second-order valence-electron chi connectivity index (χ2n) is 13.6. The molecule has 4 nitrogen and oxygen atoms in total. The predicted molar refractivity (Wildman–Crippen MR) is 209 cm³/mol. The van der Waals surface area contributed by atoms with Gasteiger partial charge in [-0.2, -0.15) is 0 Å². The lowest BCUT2D eigenvalue weighted by molar-refractivity contribution is 0.670. The fourth-order valence-corrected chi connectivity index (χ4v) is 10.9. The van der Waals surface area contributed by atoms with Crippen LogP contribution in [0.2, 0.25) is 13.1 Å². The maximum absolute atomic E-state index is 6.81. The highest BCUT2D eigenvalue weighted by molar-refractivity contribution is 7.04. The van der Waals surface area contributed by atoms with E-state index in [4.69, 9.17) is 19.4 Å². The Morgan fingerprint density at radius 2 is 1.10 bits per heavy atom. The molecule has 10 rings (SSSR count). The van der Waals surface area contributed by atoms with E-state index in [2.05, 4.69) is 153 Å². The number of nitrogens with zero attached hydrogens (tertiary/aromatic N) is 3. The van der Waals surface area contributed by atoms with Crippen LogP contribution in [-0.4, -0.2) is 23.0 Å². The number of rotatable bonds is 4. The first kappa shape index (κ1) is 28.8. The van der Waals surface area contributed by atoms with E-state index in [0.29, 0.717) is 17.5 Å². The minimum Gasteiger partial charge on any atom is -0.455 e. The lowest BCUT2D eigenvalue weighted by Gasteiger charge is -2.19. The van der Waals surface area contributed by atoms with Gasteiger partial charge in [0.15, 0.2) is 17.5 Å². The Bertz CT molecular complexity index is 2800. The van der Waals surface area contributed by atoms with Crippen molar-refractivity contribution in [1.29, 1.82) is 0 Å². The zero-order chi connectivity index (χ0) is 33.4. The van der Waals surface area contributed by atoms with Crippen molar-refractivity contribution in [1.82, 2.24) is 15.0 Å². The third-order valence-corrected chi connectivity index (χ3v) is 13.9. The Morgan fingerprint density at radius 1 is 0.460 bits per heavy atom. The van der Waals surface area contributed by atoms with Crippen molar-refractivity contribution in [3.8, 4) is 56.4 Å². The second-order valence-corrected chi connectivity index (χ2v) is 17.9. The highest BCUT2D eigenvalue weighted by atomic mass is 28.3. The minimum atomic E-state index is -2.08. The van der Waals surface area contributed by atoms with Crippen LogP contribution in [0.1, 0.15) is 0 Å². The normalized spacial score (nSPS) is 13.2. The van der Waals surface area contributed by atoms with Gasteiger partial charge in [0.05, 0.1) is 0 Å². The van der Waals surface area contributed by atoms with Gasteiger partial charge in [0.25, 0.3) is 0 Å². The number of para-hydroxylation sites is 1. The van der Waals surface area contributed by atoms with Gasteiger partial charge < -0.3 is 4.42 Å². The number of fused-ring (bicyclic) bond motifs is 8. The standard InChI is InChI=1S/C45H31N3OSi/c1-50(2)38-23-13-11-21-35(38)41-39(50)27-36(40-34-20-10-12-22-37(34)49-42(40)41)45-47-43(31-25-24-28-14-6-7-17-30(28)26-31)46-44(48-45)33-19-9-8-18-32(33)29-15-4-3-5-16-29/h3-27H,1-2H3. The van der Waals surface area contributed by atoms with Gasteiger partial charge in [-0.05, 0) is 56.0 Å². The molecule has 3 heterocycles. The highest BCUT2D eigenvalue weighted by Gasteiger charge is 2.40. The van der Waals surface area contributed by atoms with E-state index < -0.39 is 8.07 Å². The van der Waals surface area contributed by atoms with Crippen molar-refractivity contribution in [3.63, 3.8) is 0 Å². The van der Waals surface area contributed by atoms with Gasteiger partial charge in [0, 0.05) is 33.0 Å². The zero-order valence-corrected chi connectivity index (χ0v) is 28.7. The van der Waals surface area contributed by atoms with E-state index >= 15 is 0 Å². The van der Waals surface area contributed by atoms with Gasteiger partial charge in [0.2, 0.25) is 0 Å². The SMILES string of the molecule is C[Si]1(C)c2ccccc2-c2c1cc(-c1nc(-c3ccc4ccccc4c3)nc(-c3ccccc3-c3ccccc3)n1)c1c2oc2ccccc21. The summed E-state index contributed by atoms with van der Waals surface area (Å²) in [6.07, 6.45) is 0. The molecule has 236 valence electrons. The van der Waals surface area contributed by atoms with Gasteiger partial charge in [-0.3, -0.25) is 0 Å². The Labute approximate surface area is 290 Å². The smallest absolute Gasteiger partial charge is 0.164 e. The van der Waals surface area contributed by atoms with Crippen molar-refractivity contribution in [2.45, 2.75) is 13.1 Å².